The molecule has 0 aromatic heterocycles. The van der Waals surface area contributed by atoms with Crippen LogP contribution in [0.15, 0.2) is 0 Å². The summed E-state index contributed by atoms with van der Waals surface area (Å²) < 4.78 is 0. The largest absolute Gasteiger partial charge is 2.00 e. The SMILES string of the molecule is [CH2-]C1CC([CH2-])C1=O.[Nb+2]. The van der Waals surface area contributed by atoms with Crippen molar-refractivity contribution in [2.75, 3.05) is 0 Å². The zero-order chi connectivity index (χ0) is 5.44. The van der Waals surface area contributed by atoms with E-state index in [1.807, 2.05) is 0 Å². The van der Waals surface area contributed by atoms with Crippen LogP contribution in [-0.2, 0) is 27.2 Å². The molecule has 2 atom stereocenters. The fourth-order valence-electron chi connectivity index (χ4n) is 0.749. The second kappa shape index (κ2) is 2.81. The van der Waals surface area contributed by atoms with Crippen LogP contribution in [0.5, 0.6) is 0 Å². The van der Waals surface area contributed by atoms with Gasteiger partial charge in [-0.3, -0.25) is 0 Å². The molecule has 0 amide bonds. The minimum atomic E-state index is 0. The molecule has 2 heteroatoms. The number of rotatable bonds is 0. The van der Waals surface area contributed by atoms with Crippen LogP contribution in [0.1, 0.15) is 6.42 Å². The normalized spacial score (nSPS) is 35.5. The van der Waals surface area contributed by atoms with E-state index in [1.165, 1.54) is 0 Å². The molecular weight excluding hydrogens is 181 g/mol. The van der Waals surface area contributed by atoms with E-state index in [-0.39, 0.29) is 40.0 Å². The van der Waals surface area contributed by atoms with Gasteiger partial charge in [0, 0.05) is 0 Å². The van der Waals surface area contributed by atoms with Crippen molar-refractivity contribution < 1.29 is 27.2 Å². The molecule has 1 nitrogen and oxygen atoms in total. The van der Waals surface area contributed by atoms with Gasteiger partial charge in [-0.15, -0.1) is 11.8 Å². The van der Waals surface area contributed by atoms with E-state index in [1.54, 1.807) is 0 Å². The number of Topliss-reactive ketones (excluding diaryl/α,β-unsaturated/α-hetero) is 1. The zero-order valence-corrected chi connectivity index (χ0v) is 6.83. The molecule has 0 N–H and O–H groups in total. The Hall–Kier alpha value is 0.410. The molecule has 1 saturated carbocycles. The summed E-state index contributed by atoms with van der Waals surface area (Å²) in [6, 6.07) is 0. The average molecular weight is 189 g/mol. The van der Waals surface area contributed by atoms with Gasteiger partial charge in [0.2, 0.25) is 0 Å². The minimum Gasteiger partial charge on any atom is -0.333 e. The van der Waals surface area contributed by atoms with E-state index in [0.717, 1.165) is 6.42 Å². The first-order valence-electron chi connectivity index (χ1n) is 2.41. The summed E-state index contributed by atoms with van der Waals surface area (Å²) >= 11 is 0. The average Bonchev–Trinajstić information content (AvgIpc) is 1.68. The number of hydrogen-bond donors (Lipinski definition) is 0. The molecule has 0 aromatic carbocycles. The zero-order valence-electron chi connectivity index (χ0n) is 4.63. The van der Waals surface area contributed by atoms with E-state index < -0.39 is 0 Å². The summed E-state index contributed by atoms with van der Waals surface area (Å²) in [7, 11) is 0. The topological polar surface area (TPSA) is 17.1 Å². The van der Waals surface area contributed by atoms with Crippen LogP contribution in [0.4, 0.5) is 0 Å². The second-order valence-electron chi connectivity index (χ2n) is 2.03. The Morgan fingerprint density at radius 3 is 1.75 bits per heavy atom. The fraction of sp³-hybridized carbons (Fsp3) is 0.500. The summed E-state index contributed by atoms with van der Waals surface area (Å²) in [5, 5.41) is 0. The summed E-state index contributed by atoms with van der Waals surface area (Å²) in [5.74, 6) is 0.338. The third-order valence-electron chi connectivity index (χ3n) is 1.37. The minimum absolute atomic E-state index is 0. The molecular formula is C6H8NbO. The number of carbonyl (C=O) groups is 1. The first kappa shape index (κ1) is 8.41. The Morgan fingerprint density at radius 1 is 1.38 bits per heavy atom. The van der Waals surface area contributed by atoms with Crippen LogP contribution in [-0.4, -0.2) is 5.78 Å². The molecule has 0 aromatic rings. The summed E-state index contributed by atoms with van der Waals surface area (Å²) in [5.41, 5.74) is 0. The standard InChI is InChI=1S/C6H8O.Nb/c1-4-3-5(2)6(4)7;/h4-5H,1-3H2;/q-2;+2. The van der Waals surface area contributed by atoms with Crippen LogP contribution in [0, 0.1) is 25.7 Å². The molecule has 1 rings (SSSR count). The van der Waals surface area contributed by atoms with Crippen molar-refractivity contribution in [2.45, 2.75) is 6.42 Å². The van der Waals surface area contributed by atoms with E-state index >= 15 is 0 Å². The van der Waals surface area contributed by atoms with Gasteiger partial charge in [-0.05, 0) is 0 Å². The van der Waals surface area contributed by atoms with Gasteiger partial charge in [-0.25, -0.2) is 0 Å². The number of ketones is 1. The summed E-state index contributed by atoms with van der Waals surface area (Å²) in [6.07, 6.45) is 0.888. The maximum absolute atomic E-state index is 10.4. The van der Waals surface area contributed by atoms with E-state index in [4.69, 9.17) is 0 Å². The van der Waals surface area contributed by atoms with Gasteiger partial charge >= 0.3 is 22.4 Å². The summed E-state index contributed by atoms with van der Waals surface area (Å²) in [6.45, 7) is 7.17. The van der Waals surface area contributed by atoms with Gasteiger partial charge in [0.1, 0.15) is 0 Å². The Kier molecular flexibility index (Phi) is 2.95. The molecule has 1 aliphatic carbocycles. The fourth-order valence-corrected chi connectivity index (χ4v) is 0.749. The maximum Gasteiger partial charge on any atom is 2.00 e. The van der Waals surface area contributed by atoms with Gasteiger partial charge in [-0.2, -0.15) is 0 Å². The first-order chi connectivity index (χ1) is 3.22. The molecule has 43 valence electrons. The number of carbonyl (C=O) groups excluding carboxylic acids is 1. The Labute approximate surface area is 65.4 Å². The van der Waals surface area contributed by atoms with Gasteiger partial charge in [0.25, 0.3) is 0 Å². The quantitative estimate of drug-likeness (QED) is 0.408. The van der Waals surface area contributed by atoms with Crippen molar-refractivity contribution in [1.82, 2.24) is 0 Å². The van der Waals surface area contributed by atoms with Crippen LogP contribution in [0.2, 0.25) is 0 Å². The number of hydrogen-bond acceptors (Lipinski definition) is 1. The van der Waals surface area contributed by atoms with Crippen molar-refractivity contribution in [3.8, 4) is 0 Å². The van der Waals surface area contributed by atoms with Crippen molar-refractivity contribution in [3.05, 3.63) is 13.8 Å². The van der Waals surface area contributed by atoms with Crippen LogP contribution in [0.25, 0.3) is 0 Å². The molecule has 1 radical (unpaired) electrons. The predicted octanol–water partition coefficient (Wildman–Crippen LogP) is 0.857. The predicted molar refractivity (Wildman–Crippen MR) is 27.3 cm³/mol. The Bertz CT molecular complexity index is 90.7. The van der Waals surface area contributed by atoms with Crippen LogP contribution in [0.3, 0.4) is 0 Å². The van der Waals surface area contributed by atoms with Crippen molar-refractivity contribution >= 4 is 5.78 Å². The van der Waals surface area contributed by atoms with Gasteiger partial charge in [0.15, 0.2) is 0 Å². The van der Waals surface area contributed by atoms with E-state index in [0.29, 0.717) is 0 Å². The van der Waals surface area contributed by atoms with E-state index in [9.17, 15) is 4.79 Å². The molecule has 8 heavy (non-hydrogen) atoms. The second-order valence-corrected chi connectivity index (χ2v) is 2.03. The third kappa shape index (κ3) is 1.22. The third-order valence-corrected chi connectivity index (χ3v) is 1.37. The van der Waals surface area contributed by atoms with Crippen molar-refractivity contribution in [1.29, 1.82) is 0 Å². The van der Waals surface area contributed by atoms with E-state index in [2.05, 4.69) is 13.8 Å². The van der Waals surface area contributed by atoms with Gasteiger partial charge in [0.05, 0.1) is 5.78 Å². The molecule has 0 saturated heterocycles. The Balaban J connectivity index is 0.000000490. The molecule has 0 heterocycles. The molecule has 1 aliphatic rings. The van der Waals surface area contributed by atoms with Crippen LogP contribution >= 0.6 is 0 Å². The molecule has 0 spiro atoms. The van der Waals surface area contributed by atoms with Gasteiger partial charge < -0.3 is 18.6 Å². The monoisotopic (exact) mass is 189 g/mol. The first-order valence-corrected chi connectivity index (χ1v) is 2.41. The smallest absolute Gasteiger partial charge is 0.333 e. The molecule has 0 bridgehead atoms. The van der Waals surface area contributed by atoms with Gasteiger partial charge in [-0.1, -0.05) is 6.42 Å². The maximum atomic E-state index is 10.4. The summed E-state index contributed by atoms with van der Waals surface area (Å²) in [4.78, 5) is 10.4. The molecule has 0 aliphatic heterocycles. The molecule has 2 unspecified atom stereocenters. The van der Waals surface area contributed by atoms with Crippen molar-refractivity contribution in [3.63, 3.8) is 0 Å². The van der Waals surface area contributed by atoms with Crippen LogP contribution < -0.4 is 0 Å². The molecule has 1 fully saturated rings. The Morgan fingerprint density at radius 2 is 1.75 bits per heavy atom. The van der Waals surface area contributed by atoms with Crippen molar-refractivity contribution in [2.24, 2.45) is 11.8 Å².